The van der Waals surface area contributed by atoms with Crippen LogP contribution in [0.4, 0.5) is 11.8 Å². The Morgan fingerprint density at radius 2 is 2.00 bits per heavy atom. The fraction of sp³-hybridized carbons (Fsp3) is 0.154. The largest absolute Gasteiger partial charge is 0.363 e. The molecule has 0 aliphatic heterocycles. The first-order chi connectivity index (χ1) is 9.78. The van der Waals surface area contributed by atoms with Gasteiger partial charge in [0.15, 0.2) is 5.65 Å². The summed E-state index contributed by atoms with van der Waals surface area (Å²) in [5.74, 6) is 6.41. The van der Waals surface area contributed by atoms with Crippen molar-refractivity contribution in [3.8, 4) is 0 Å². The molecule has 0 radical (unpaired) electrons. The zero-order chi connectivity index (χ0) is 13.9. The highest BCUT2D eigenvalue weighted by atomic mass is 15.3. The maximum absolute atomic E-state index is 5.38. The van der Waals surface area contributed by atoms with Crippen LogP contribution < -0.4 is 16.6 Å². The number of aromatic nitrogens is 4. The van der Waals surface area contributed by atoms with Crippen molar-refractivity contribution >= 4 is 22.8 Å². The molecule has 2 heterocycles. The second-order valence-corrected chi connectivity index (χ2v) is 4.45. The van der Waals surface area contributed by atoms with Crippen molar-refractivity contribution in [2.75, 3.05) is 10.7 Å². The lowest BCUT2D eigenvalue weighted by Crippen LogP contribution is -2.13. The highest BCUT2D eigenvalue weighted by Gasteiger charge is 2.12. The molecule has 0 aliphatic carbocycles. The van der Waals surface area contributed by atoms with Crippen molar-refractivity contribution in [2.24, 2.45) is 5.84 Å². The number of fused-ring (bicyclic) bond motifs is 1. The fourth-order valence-electron chi connectivity index (χ4n) is 2.04. The highest BCUT2D eigenvalue weighted by Crippen LogP contribution is 2.24. The van der Waals surface area contributed by atoms with Gasteiger partial charge in [0.2, 0.25) is 5.95 Å². The summed E-state index contributed by atoms with van der Waals surface area (Å²) in [6.45, 7) is 2.07. The molecule has 3 aromatic rings. The number of aromatic amines is 1. The molecule has 0 amide bonds. The summed E-state index contributed by atoms with van der Waals surface area (Å²) in [7, 11) is 0. The Morgan fingerprint density at radius 1 is 1.20 bits per heavy atom. The number of hydrogen-bond donors (Lipinski definition) is 4. The van der Waals surface area contributed by atoms with E-state index in [-0.39, 0.29) is 6.04 Å². The van der Waals surface area contributed by atoms with Crippen LogP contribution in [-0.4, -0.2) is 20.2 Å². The highest BCUT2D eigenvalue weighted by molar-refractivity contribution is 5.87. The lowest BCUT2D eigenvalue weighted by atomic mass is 10.1. The molecule has 2 aromatic heterocycles. The van der Waals surface area contributed by atoms with Crippen molar-refractivity contribution in [3.63, 3.8) is 0 Å². The number of H-pyrrole nitrogens is 1. The molecular formula is C13H15N7. The van der Waals surface area contributed by atoms with Crippen LogP contribution in [0.5, 0.6) is 0 Å². The van der Waals surface area contributed by atoms with E-state index in [1.54, 1.807) is 6.20 Å². The number of nitrogens with two attached hydrogens (primary N) is 1. The summed E-state index contributed by atoms with van der Waals surface area (Å²) in [5.41, 5.74) is 4.26. The van der Waals surface area contributed by atoms with Crippen molar-refractivity contribution in [2.45, 2.75) is 13.0 Å². The number of benzene rings is 1. The maximum atomic E-state index is 5.38. The van der Waals surface area contributed by atoms with E-state index in [0.717, 1.165) is 5.39 Å². The third-order valence-electron chi connectivity index (χ3n) is 3.09. The molecule has 1 aromatic carbocycles. The number of nitrogen functional groups attached to an aromatic ring is 1. The Hall–Kier alpha value is -2.67. The maximum Gasteiger partial charge on any atom is 0.241 e. The van der Waals surface area contributed by atoms with Crippen LogP contribution in [0.1, 0.15) is 18.5 Å². The number of rotatable bonds is 4. The summed E-state index contributed by atoms with van der Waals surface area (Å²) < 4.78 is 0. The molecule has 7 nitrogen and oxygen atoms in total. The molecule has 0 aliphatic rings. The summed E-state index contributed by atoms with van der Waals surface area (Å²) in [5, 5.41) is 11.0. The van der Waals surface area contributed by atoms with E-state index < -0.39 is 0 Å². The monoisotopic (exact) mass is 269 g/mol. The number of hydrazine groups is 1. The van der Waals surface area contributed by atoms with Gasteiger partial charge in [-0.05, 0) is 12.5 Å². The first kappa shape index (κ1) is 12.4. The van der Waals surface area contributed by atoms with E-state index in [0.29, 0.717) is 17.4 Å². The van der Waals surface area contributed by atoms with E-state index in [2.05, 4.69) is 50.0 Å². The molecule has 20 heavy (non-hydrogen) atoms. The molecule has 3 rings (SSSR count). The Balaban J connectivity index is 1.95. The molecule has 0 bridgehead atoms. The SMILES string of the molecule is CC(Nc1nc(NN)nc2[nH]ncc12)c1ccccc1. The minimum atomic E-state index is 0.106. The van der Waals surface area contributed by atoms with E-state index >= 15 is 0 Å². The Labute approximate surface area is 115 Å². The van der Waals surface area contributed by atoms with Crippen LogP contribution in [-0.2, 0) is 0 Å². The predicted octanol–water partition coefficient (Wildman–Crippen LogP) is 1.81. The van der Waals surface area contributed by atoms with Crippen LogP contribution in [0.25, 0.3) is 11.0 Å². The van der Waals surface area contributed by atoms with Gasteiger partial charge in [-0.25, -0.2) is 5.84 Å². The van der Waals surface area contributed by atoms with Crippen LogP contribution in [0.15, 0.2) is 36.5 Å². The van der Waals surface area contributed by atoms with Gasteiger partial charge in [0.1, 0.15) is 5.82 Å². The van der Waals surface area contributed by atoms with Gasteiger partial charge in [0.25, 0.3) is 0 Å². The smallest absolute Gasteiger partial charge is 0.241 e. The molecule has 0 fully saturated rings. The van der Waals surface area contributed by atoms with Gasteiger partial charge in [0, 0.05) is 6.04 Å². The molecule has 0 saturated heterocycles. The summed E-state index contributed by atoms with van der Waals surface area (Å²) in [6, 6.07) is 10.2. The van der Waals surface area contributed by atoms with Gasteiger partial charge >= 0.3 is 0 Å². The normalized spacial score (nSPS) is 12.3. The second-order valence-electron chi connectivity index (χ2n) is 4.45. The number of anilines is 2. The third-order valence-corrected chi connectivity index (χ3v) is 3.09. The van der Waals surface area contributed by atoms with Gasteiger partial charge in [0.05, 0.1) is 11.6 Å². The predicted molar refractivity (Wildman–Crippen MR) is 78.0 cm³/mol. The quantitative estimate of drug-likeness (QED) is 0.425. The van der Waals surface area contributed by atoms with Crippen LogP contribution in [0.2, 0.25) is 0 Å². The zero-order valence-corrected chi connectivity index (χ0v) is 11.0. The minimum Gasteiger partial charge on any atom is -0.363 e. The summed E-state index contributed by atoms with van der Waals surface area (Å²) in [6.07, 6.45) is 1.69. The Bertz CT molecular complexity index is 707. The Kier molecular flexibility index (Phi) is 3.18. The summed E-state index contributed by atoms with van der Waals surface area (Å²) >= 11 is 0. The second kappa shape index (κ2) is 5.14. The third kappa shape index (κ3) is 2.26. The molecule has 102 valence electrons. The molecule has 1 unspecified atom stereocenters. The molecule has 1 atom stereocenters. The number of hydrogen-bond acceptors (Lipinski definition) is 6. The first-order valence-corrected chi connectivity index (χ1v) is 6.27. The fourth-order valence-corrected chi connectivity index (χ4v) is 2.04. The van der Waals surface area contributed by atoms with Crippen molar-refractivity contribution in [1.29, 1.82) is 0 Å². The van der Waals surface area contributed by atoms with E-state index in [1.807, 2.05) is 18.2 Å². The number of nitrogens with zero attached hydrogens (tertiary/aromatic N) is 3. The van der Waals surface area contributed by atoms with Crippen LogP contribution in [0, 0.1) is 0 Å². The topological polar surface area (TPSA) is 105 Å². The van der Waals surface area contributed by atoms with E-state index in [4.69, 9.17) is 5.84 Å². The molecule has 7 heteroatoms. The van der Waals surface area contributed by atoms with E-state index in [1.165, 1.54) is 5.56 Å². The first-order valence-electron chi connectivity index (χ1n) is 6.27. The molecule has 0 saturated carbocycles. The van der Waals surface area contributed by atoms with Crippen molar-refractivity contribution in [1.82, 2.24) is 20.2 Å². The van der Waals surface area contributed by atoms with E-state index in [9.17, 15) is 0 Å². The van der Waals surface area contributed by atoms with Gasteiger partial charge in [-0.1, -0.05) is 30.3 Å². The van der Waals surface area contributed by atoms with Crippen LogP contribution in [0.3, 0.4) is 0 Å². The molecule has 0 spiro atoms. The van der Waals surface area contributed by atoms with Gasteiger partial charge in [-0.2, -0.15) is 15.1 Å². The van der Waals surface area contributed by atoms with Crippen LogP contribution >= 0.6 is 0 Å². The number of nitrogens with one attached hydrogen (secondary N) is 3. The summed E-state index contributed by atoms with van der Waals surface area (Å²) in [4.78, 5) is 8.53. The average Bonchev–Trinajstić information content (AvgIpc) is 2.96. The van der Waals surface area contributed by atoms with Crippen molar-refractivity contribution in [3.05, 3.63) is 42.1 Å². The lowest BCUT2D eigenvalue weighted by Gasteiger charge is -2.15. The van der Waals surface area contributed by atoms with Crippen molar-refractivity contribution < 1.29 is 0 Å². The van der Waals surface area contributed by atoms with Gasteiger partial charge < -0.3 is 5.32 Å². The van der Waals surface area contributed by atoms with Gasteiger partial charge in [-0.3, -0.25) is 10.5 Å². The zero-order valence-electron chi connectivity index (χ0n) is 11.0. The molecular weight excluding hydrogens is 254 g/mol. The lowest BCUT2D eigenvalue weighted by molar-refractivity contribution is 0.876. The van der Waals surface area contributed by atoms with Gasteiger partial charge in [-0.15, -0.1) is 0 Å². The minimum absolute atomic E-state index is 0.106. The average molecular weight is 269 g/mol. The standard InChI is InChI=1S/C13H15N7/c1-8(9-5-3-2-4-6-9)16-11-10-7-15-20-12(10)18-13(17-11)19-14/h2-8H,14H2,1H3,(H3,15,16,17,18,19,20). The Morgan fingerprint density at radius 3 is 2.75 bits per heavy atom. The molecule has 5 N–H and O–H groups in total.